The summed E-state index contributed by atoms with van der Waals surface area (Å²) in [5, 5.41) is 26.2. The highest BCUT2D eigenvalue weighted by atomic mass is 32.2. The topological polar surface area (TPSA) is 143 Å². The van der Waals surface area contributed by atoms with Gasteiger partial charge in [0.15, 0.2) is 0 Å². The van der Waals surface area contributed by atoms with Crippen molar-refractivity contribution in [2.75, 3.05) is 31.6 Å². The van der Waals surface area contributed by atoms with Crippen molar-refractivity contribution in [3.63, 3.8) is 0 Å². The van der Waals surface area contributed by atoms with E-state index in [1.807, 2.05) is 19.1 Å². The van der Waals surface area contributed by atoms with E-state index in [9.17, 15) is 24.8 Å². The second-order valence-corrected chi connectivity index (χ2v) is 10.2. The van der Waals surface area contributed by atoms with Crippen LogP contribution < -0.4 is 15.4 Å². The van der Waals surface area contributed by atoms with Crippen LogP contribution in [0.3, 0.4) is 0 Å². The smallest absolute Gasteiger partial charge is 0.294 e. The Labute approximate surface area is 209 Å². The van der Waals surface area contributed by atoms with Crippen LogP contribution in [0.4, 0.5) is 5.69 Å². The van der Waals surface area contributed by atoms with E-state index in [0.29, 0.717) is 38.1 Å². The largest absolute Gasteiger partial charge is 0.490 e. The molecule has 2 amide bonds. The molecule has 1 aliphatic carbocycles. The Kier molecular flexibility index (Phi) is 9.99. The average Bonchev–Trinajstić information content (AvgIpc) is 2.79. The zero-order valence-electron chi connectivity index (χ0n) is 20.2. The maximum Gasteiger partial charge on any atom is 0.294 e. The number of benzene rings is 1. The second kappa shape index (κ2) is 12.9. The summed E-state index contributed by atoms with van der Waals surface area (Å²) in [5.74, 6) is 0.514. The summed E-state index contributed by atoms with van der Waals surface area (Å²) >= 11 is 1.30. The van der Waals surface area contributed by atoms with Gasteiger partial charge >= 0.3 is 0 Å². The highest BCUT2D eigenvalue weighted by Crippen LogP contribution is 2.34. The molecule has 11 nitrogen and oxygen atoms in total. The molecule has 0 spiro atoms. The van der Waals surface area contributed by atoms with Crippen molar-refractivity contribution in [2.24, 2.45) is 0 Å². The summed E-state index contributed by atoms with van der Waals surface area (Å²) in [6.07, 6.45) is 2.89. The van der Waals surface area contributed by atoms with E-state index in [-0.39, 0.29) is 30.2 Å². The zero-order valence-corrected chi connectivity index (χ0v) is 21.0. The lowest BCUT2D eigenvalue weighted by atomic mass is 9.97. The number of carbonyl (C=O) groups is 2. The Morgan fingerprint density at radius 2 is 2.14 bits per heavy atom. The van der Waals surface area contributed by atoms with Crippen molar-refractivity contribution < 1.29 is 29.4 Å². The molecule has 3 atom stereocenters. The van der Waals surface area contributed by atoms with E-state index < -0.39 is 17.3 Å². The molecule has 1 aliphatic heterocycles. The van der Waals surface area contributed by atoms with Gasteiger partial charge in [0, 0.05) is 44.2 Å². The van der Waals surface area contributed by atoms with Crippen molar-refractivity contribution >= 4 is 29.4 Å². The monoisotopic (exact) mass is 510 g/mol. The normalized spacial score (nSPS) is 20.4. The van der Waals surface area contributed by atoms with Gasteiger partial charge in [0.25, 0.3) is 5.09 Å². The molecule has 1 aromatic rings. The van der Waals surface area contributed by atoms with Crippen LogP contribution >= 0.6 is 11.9 Å². The molecule has 1 saturated carbocycles. The highest BCUT2D eigenvalue weighted by molar-refractivity contribution is 7.98. The molecule has 1 aromatic carbocycles. The van der Waals surface area contributed by atoms with Crippen LogP contribution in [0.1, 0.15) is 50.2 Å². The number of aliphatic hydroxyl groups is 1. The number of hydrogen-bond donors (Lipinski definition) is 3. The molecule has 12 heteroatoms. The molecule has 194 valence electrons. The van der Waals surface area contributed by atoms with Gasteiger partial charge in [-0.05, 0) is 55.8 Å². The number of amides is 2. The molecular formula is C23H34N4O7S. The Morgan fingerprint density at radius 3 is 2.89 bits per heavy atom. The molecule has 0 radical (unpaired) electrons. The number of anilines is 1. The molecule has 0 aromatic heterocycles. The maximum atomic E-state index is 12.1. The SMILES string of the molecule is CC(=O)N(CCNCC(O)COc1cc(C)cc2c1CCC(=O)N2)SC1CCCCC1O[N+](=O)[O-]. The molecule has 1 fully saturated rings. The van der Waals surface area contributed by atoms with Gasteiger partial charge in [-0.15, -0.1) is 10.1 Å². The summed E-state index contributed by atoms with van der Waals surface area (Å²) in [7, 11) is 0. The van der Waals surface area contributed by atoms with Crippen molar-refractivity contribution in [1.82, 2.24) is 9.62 Å². The van der Waals surface area contributed by atoms with Gasteiger partial charge in [-0.1, -0.05) is 12.8 Å². The standard InChI is InChI=1S/C23H34N4O7S/c1-15-11-19-18(7-8-23(30)25-19)21(12-15)33-14-17(29)13-24-9-10-26(16(2)28)35-22-6-4-3-5-20(22)34-27(31)32/h11-12,17,20,22,24,29H,3-10,13-14H2,1-2H3,(H,25,30). The van der Waals surface area contributed by atoms with E-state index in [4.69, 9.17) is 9.57 Å². The van der Waals surface area contributed by atoms with Gasteiger partial charge < -0.3 is 25.3 Å². The number of carbonyl (C=O) groups excluding carboxylic acids is 2. The lowest BCUT2D eigenvalue weighted by molar-refractivity contribution is -0.768. The number of aliphatic hydroxyl groups excluding tert-OH is 1. The first-order valence-electron chi connectivity index (χ1n) is 11.9. The quantitative estimate of drug-likeness (QED) is 0.167. The summed E-state index contributed by atoms with van der Waals surface area (Å²) in [6.45, 7) is 4.58. The first-order chi connectivity index (χ1) is 16.7. The number of aryl methyl sites for hydroxylation is 1. The minimum atomic E-state index is -0.765. The fourth-order valence-corrected chi connectivity index (χ4v) is 5.55. The third kappa shape index (κ3) is 8.25. The van der Waals surface area contributed by atoms with Crippen LogP contribution in [0.15, 0.2) is 12.1 Å². The van der Waals surface area contributed by atoms with Crippen molar-refractivity contribution in [3.05, 3.63) is 33.4 Å². The summed E-state index contributed by atoms with van der Waals surface area (Å²) in [6, 6.07) is 3.81. The molecular weight excluding hydrogens is 476 g/mol. The molecule has 0 saturated heterocycles. The van der Waals surface area contributed by atoms with Crippen LogP contribution in [0.2, 0.25) is 0 Å². The fourth-order valence-electron chi connectivity index (χ4n) is 4.29. The van der Waals surface area contributed by atoms with Gasteiger partial charge in [-0.25, -0.2) is 0 Å². The van der Waals surface area contributed by atoms with E-state index in [0.717, 1.165) is 36.1 Å². The lowest BCUT2D eigenvalue weighted by Gasteiger charge is -2.32. The third-order valence-electron chi connectivity index (χ3n) is 6.01. The van der Waals surface area contributed by atoms with Gasteiger partial charge in [0.1, 0.15) is 24.6 Å². The number of ether oxygens (including phenoxy) is 1. The molecule has 3 N–H and O–H groups in total. The summed E-state index contributed by atoms with van der Waals surface area (Å²) in [5.41, 5.74) is 2.65. The van der Waals surface area contributed by atoms with Crippen LogP contribution in [0.25, 0.3) is 0 Å². The summed E-state index contributed by atoms with van der Waals surface area (Å²) < 4.78 is 7.46. The Hall–Kier alpha value is -2.57. The Bertz CT molecular complexity index is 916. The minimum Gasteiger partial charge on any atom is -0.490 e. The maximum absolute atomic E-state index is 12.1. The predicted molar refractivity (Wildman–Crippen MR) is 132 cm³/mol. The number of hydrogen-bond acceptors (Lipinski definition) is 9. The molecule has 3 unspecified atom stereocenters. The fraction of sp³-hybridized carbons (Fsp3) is 0.652. The first kappa shape index (κ1) is 27.0. The van der Waals surface area contributed by atoms with Gasteiger partial charge in [0.05, 0.1) is 5.25 Å². The zero-order chi connectivity index (χ0) is 25.4. The molecule has 1 heterocycles. The predicted octanol–water partition coefficient (Wildman–Crippen LogP) is 2.23. The number of nitrogens with one attached hydrogen (secondary N) is 2. The molecule has 3 rings (SSSR count). The van der Waals surface area contributed by atoms with Crippen LogP contribution in [0.5, 0.6) is 5.75 Å². The lowest BCUT2D eigenvalue weighted by Crippen LogP contribution is -2.39. The average molecular weight is 511 g/mol. The number of nitrogens with zero attached hydrogens (tertiary/aromatic N) is 2. The van der Waals surface area contributed by atoms with E-state index in [2.05, 4.69) is 10.6 Å². The Balaban J connectivity index is 1.42. The van der Waals surface area contributed by atoms with E-state index in [1.165, 1.54) is 18.9 Å². The summed E-state index contributed by atoms with van der Waals surface area (Å²) in [4.78, 5) is 39.4. The van der Waals surface area contributed by atoms with Crippen molar-refractivity contribution in [1.29, 1.82) is 0 Å². The molecule has 2 aliphatic rings. The second-order valence-electron chi connectivity index (χ2n) is 8.92. The highest BCUT2D eigenvalue weighted by Gasteiger charge is 2.31. The molecule has 0 bridgehead atoms. The molecule has 35 heavy (non-hydrogen) atoms. The van der Waals surface area contributed by atoms with Gasteiger partial charge in [-0.3, -0.25) is 13.9 Å². The van der Waals surface area contributed by atoms with E-state index in [1.54, 1.807) is 4.31 Å². The van der Waals surface area contributed by atoms with Crippen molar-refractivity contribution in [2.45, 2.75) is 69.8 Å². The van der Waals surface area contributed by atoms with Crippen LogP contribution in [-0.4, -0.2) is 70.0 Å². The Morgan fingerprint density at radius 1 is 1.37 bits per heavy atom. The third-order valence-corrected chi connectivity index (χ3v) is 7.51. The van der Waals surface area contributed by atoms with Gasteiger partial charge in [0.2, 0.25) is 11.8 Å². The first-order valence-corrected chi connectivity index (χ1v) is 12.8. The number of rotatable bonds is 12. The minimum absolute atomic E-state index is 0.0135. The van der Waals surface area contributed by atoms with Crippen molar-refractivity contribution in [3.8, 4) is 5.75 Å². The van der Waals surface area contributed by atoms with Crippen LogP contribution in [0, 0.1) is 17.0 Å². The number of fused-ring (bicyclic) bond motifs is 1. The van der Waals surface area contributed by atoms with E-state index >= 15 is 0 Å². The van der Waals surface area contributed by atoms with Crippen LogP contribution in [-0.2, 0) is 20.8 Å². The van der Waals surface area contributed by atoms with Gasteiger partial charge in [-0.2, -0.15) is 0 Å².